The van der Waals surface area contributed by atoms with E-state index in [0.717, 1.165) is 17.7 Å². The van der Waals surface area contributed by atoms with Gasteiger partial charge in [-0.3, -0.25) is 4.79 Å². The standard InChI is InChI=1S/C16H14F2N2O/c1-10-7-14(18)15(9-13(10)17)20-16(21)6-5-11-3-2-4-12(19)8-11/h2-9H,19H2,1H3,(H,20,21)/b6-5+. The molecule has 2 rings (SSSR count). The molecule has 3 nitrogen and oxygen atoms in total. The van der Waals surface area contributed by atoms with Gasteiger partial charge in [-0.2, -0.15) is 0 Å². The lowest BCUT2D eigenvalue weighted by molar-refractivity contribution is -0.111. The van der Waals surface area contributed by atoms with Crippen molar-refractivity contribution < 1.29 is 13.6 Å². The van der Waals surface area contributed by atoms with Gasteiger partial charge in [0.15, 0.2) is 0 Å². The number of halogens is 2. The van der Waals surface area contributed by atoms with Crippen molar-refractivity contribution in [2.24, 2.45) is 0 Å². The van der Waals surface area contributed by atoms with Gasteiger partial charge >= 0.3 is 0 Å². The third-order valence-electron chi connectivity index (χ3n) is 2.84. The molecule has 2 aromatic rings. The zero-order valence-electron chi connectivity index (χ0n) is 11.4. The molecule has 1 amide bonds. The monoisotopic (exact) mass is 288 g/mol. The molecule has 0 spiro atoms. The van der Waals surface area contributed by atoms with Gasteiger partial charge in [-0.1, -0.05) is 12.1 Å². The summed E-state index contributed by atoms with van der Waals surface area (Å²) in [6.07, 6.45) is 2.76. The number of benzene rings is 2. The molecule has 0 fully saturated rings. The Morgan fingerprint density at radius 3 is 2.67 bits per heavy atom. The number of nitrogens with one attached hydrogen (secondary N) is 1. The summed E-state index contributed by atoms with van der Waals surface area (Å²) in [6.45, 7) is 1.45. The Bertz CT molecular complexity index is 711. The second-order valence-corrected chi connectivity index (χ2v) is 4.57. The summed E-state index contributed by atoms with van der Waals surface area (Å²) in [5.41, 5.74) is 6.91. The Labute approximate surface area is 121 Å². The zero-order chi connectivity index (χ0) is 15.4. The Hall–Kier alpha value is -2.69. The van der Waals surface area contributed by atoms with Crippen LogP contribution in [0.15, 0.2) is 42.5 Å². The fraction of sp³-hybridized carbons (Fsp3) is 0.0625. The van der Waals surface area contributed by atoms with Crippen LogP contribution in [0.3, 0.4) is 0 Å². The highest BCUT2D eigenvalue weighted by Gasteiger charge is 2.08. The van der Waals surface area contributed by atoms with Crippen molar-refractivity contribution in [3.63, 3.8) is 0 Å². The predicted octanol–water partition coefficient (Wildman–Crippen LogP) is 3.51. The largest absolute Gasteiger partial charge is 0.399 e. The maximum absolute atomic E-state index is 13.6. The van der Waals surface area contributed by atoms with Gasteiger partial charge in [0.1, 0.15) is 11.6 Å². The van der Waals surface area contributed by atoms with Crippen LogP contribution in [0.1, 0.15) is 11.1 Å². The molecular formula is C16H14F2N2O. The van der Waals surface area contributed by atoms with Gasteiger partial charge in [0, 0.05) is 17.8 Å². The highest BCUT2D eigenvalue weighted by Crippen LogP contribution is 2.19. The fourth-order valence-electron chi connectivity index (χ4n) is 1.75. The molecule has 0 aliphatic rings. The van der Waals surface area contributed by atoms with E-state index in [9.17, 15) is 13.6 Å². The number of anilines is 2. The third kappa shape index (κ3) is 3.89. The predicted molar refractivity (Wildman–Crippen MR) is 79.6 cm³/mol. The van der Waals surface area contributed by atoms with Crippen molar-refractivity contribution in [3.05, 3.63) is 65.2 Å². The highest BCUT2D eigenvalue weighted by atomic mass is 19.1. The van der Waals surface area contributed by atoms with Gasteiger partial charge in [-0.05, 0) is 42.3 Å². The van der Waals surface area contributed by atoms with Crippen LogP contribution in [0.4, 0.5) is 20.2 Å². The summed E-state index contributed by atoms with van der Waals surface area (Å²) in [4.78, 5) is 11.7. The smallest absolute Gasteiger partial charge is 0.248 e. The lowest BCUT2D eigenvalue weighted by Crippen LogP contribution is -2.10. The van der Waals surface area contributed by atoms with Gasteiger partial charge in [0.25, 0.3) is 0 Å². The van der Waals surface area contributed by atoms with E-state index in [0.29, 0.717) is 5.69 Å². The number of amides is 1. The molecule has 21 heavy (non-hydrogen) atoms. The third-order valence-corrected chi connectivity index (χ3v) is 2.84. The Morgan fingerprint density at radius 2 is 1.95 bits per heavy atom. The minimum atomic E-state index is -0.681. The maximum Gasteiger partial charge on any atom is 0.248 e. The quantitative estimate of drug-likeness (QED) is 0.671. The minimum absolute atomic E-state index is 0.181. The summed E-state index contributed by atoms with van der Waals surface area (Å²) in [6, 6.07) is 8.93. The van der Waals surface area contributed by atoms with Crippen LogP contribution in [0.25, 0.3) is 6.08 Å². The lowest BCUT2D eigenvalue weighted by atomic mass is 10.2. The highest BCUT2D eigenvalue weighted by molar-refractivity contribution is 6.02. The SMILES string of the molecule is Cc1cc(F)c(NC(=O)/C=C/c2cccc(N)c2)cc1F. The van der Waals surface area contributed by atoms with E-state index in [4.69, 9.17) is 5.73 Å². The van der Waals surface area contributed by atoms with Gasteiger partial charge in [0.05, 0.1) is 5.69 Å². The van der Waals surface area contributed by atoms with Crippen LogP contribution >= 0.6 is 0 Å². The molecule has 0 heterocycles. The van der Waals surface area contributed by atoms with E-state index >= 15 is 0 Å². The molecule has 0 aliphatic carbocycles. The summed E-state index contributed by atoms with van der Waals surface area (Å²) in [7, 11) is 0. The number of hydrogen-bond acceptors (Lipinski definition) is 2. The number of nitrogens with two attached hydrogens (primary N) is 1. The van der Waals surface area contributed by atoms with Crippen molar-refractivity contribution >= 4 is 23.4 Å². The van der Waals surface area contributed by atoms with Crippen molar-refractivity contribution in [3.8, 4) is 0 Å². The number of aryl methyl sites for hydroxylation is 1. The molecule has 0 radical (unpaired) electrons. The Morgan fingerprint density at radius 1 is 1.19 bits per heavy atom. The average molecular weight is 288 g/mol. The molecule has 108 valence electrons. The van der Waals surface area contributed by atoms with Gasteiger partial charge in [-0.15, -0.1) is 0 Å². The van der Waals surface area contributed by atoms with E-state index in [1.807, 2.05) is 0 Å². The topological polar surface area (TPSA) is 55.1 Å². The number of rotatable bonds is 3. The van der Waals surface area contributed by atoms with Gasteiger partial charge in [-0.25, -0.2) is 8.78 Å². The Kier molecular flexibility index (Phi) is 4.33. The van der Waals surface area contributed by atoms with Crippen LogP contribution in [-0.2, 0) is 4.79 Å². The van der Waals surface area contributed by atoms with E-state index in [2.05, 4.69) is 5.32 Å². The molecule has 0 saturated carbocycles. The van der Waals surface area contributed by atoms with E-state index in [1.165, 1.54) is 19.1 Å². The first-order chi connectivity index (χ1) is 9.95. The van der Waals surface area contributed by atoms with Crippen LogP contribution < -0.4 is 11.1 Å². The molecule has 0 unspecified atom stereocenters. The first-order valence-corrected chi connectivity index (χ1v) is 6.26. The molecule has 5 heteroatoms. The zero-order valence-corrected chi connectivity index (χ0v) is 11.4. The second-order valence-electron chi connectivity index (χ2n) is 4.57. The van der Waals surface area contributed by atoms with E-state index in [-0.39, 0.29) is 11.3 Å². The fourth-order valence-corrected chi connectivity index (χ4v) is 1.75. The van der Waals surface area contributed by atoms with E-state index in [1.54, 1.807) is 24.3 Å². The summed E-state index contributed by atoms with van der Waals surface area (Å²) >= 11 is 0. The van der Waals surface area contributed by atoms with Crippen LogP contribution in [0.2, 0.25) is 0 Å². The second kappa shape index (κ2) is 6.17. The molecule has 2 aromatic carbocycles. The van der Waals surface area contributed by atoms with Crippen LogP contribution in [0, 0.1) is 18.6 Å². The molecule has 0 saturated heterocycles. The number of nitrogen functional groups attached to an aromatic ring is 1. The number of carbonyl (C=O) groups is 1. The lowest BCUT2D eigenvalue weighted by Gasteiger charge is -2.05. The molecule has 0 bridgehead atoms. The van der Waals surface area contributed by atoms with Crippen molar-refractivity contribution in [1.29, 1.82) is 0 Å². The maximum atomic E-state index is 13.6. The summed E-state index contributed by atoms with van der Waals surface area (Å²) < 4.78 is 26.9. The van der Waals surface area contributed by atoms with Crippen molar-refractivity contribution in [2.75, 3.05) is 11.1 Å². The van der Waals surface area contributed by atoms with Crippen LogP contribution in [0.5, 0.6) is 0 Å². The molecule has 0 aromatic heterocycles. The average Bonchev–Trinajstić information content (AvgIpc) is 2.43. The number of hydrogen-bond donors (Lipinski definition) is 2. The Balaban J connectivity index is 2.10. The van der Waals surface area contributed by atoms with Crippen molar-refractivity contribution in [2.45, 2.75) is 6.92 Å². The molecule has 0 atom stereocenters. The van der Waals surface area contributed by atoms with Gasteiger partial charge < -0.3 is 11.1 Å². The van der Waals surface area contributed by atoms with Crippen molar-refractivity contribution in [1.82, 2.24) is 0 Å². The molecular weight excluding hydrogens is 274 g/mol. The van der Waals surface area contributed by atoms with Crippen LogP contribution in [-0.4, -0.2) is 5.91 Å². The van der Waals surface area contributed by atoms with E-state index < -0.39 is 17.5 Å². The molecule has 0 aliphatic heterocycles. The summed E-state index contributed by atoms with van der Waals surface area (Å²) in [5, 5.41) is 2.29. The first kappa shape index (κ1) is 14.7. The summed E-state index contributed by atoms with van der Waals surface area (Å²) in [5.74, 6) is -1.81. The van der Waals surface area contributed by atoms with Gasteiger partial charge in [0.2, 0.25) is 5.91 Å². The minimum Gasteiger partial charge on any atom is -0.399 e. The first-order valence-electron chi connectivity index (χ1n) is 6.26. The normalized spacial score (nSPS) is 10.8. The molecule has 3 N–H and O–H groups in total. The number of carbonyl (C=O) groups excluding carboxylic acids is 1.